The Hall–Kier alpha value is -4.32. The van der Waals surface area contributed by atoms with Gasteiger partial charge in [0.15, 0.2) is 5.78 Å². The molecule has 0 amide bonds. The molecule has 0 bridgehead atoms. The Balaban J connectivity index is 1.72. The summed E-state index contributed by atoms with van der Waals surface area (Å²) in [5, 5.41) is 9.01. The molecule has 0 fully saturated rings. The van der Waals surface area contributed by atoms with E-state index in [2.05, 4.69) is 63.3 Å². The number of Topliss-reactive ketones (excluding diaryl/α,β-unsaturated/α-hetero) is 1. The van der Waals surface area contributed by atoms with Gasteiger partial charge in [0.25, 0.3) is 0 Å². The number of rotatable bonds is 5. The molecule has 4 aromatic rings. The van der Waals surface area contributed by atoms with Crippen molar-refractivity contribution in [1.29, 1.82) is 0 Å². The van der Waals surface area contributed by atoms with E-state index in [4.69, 9.17) is 14.6 Å². The van der Waals surface area contributed by atoms with Gasteiger partial charge in [-0.15, -0.1) is 0 Å². The molecule has 6 heteroatoms. The number of nitrogens with zero attached hydrogens (tertiary/aromatic N) is 2. The molecule has 6 rings (SSSR count). The van der Waals surface area contributed by atoms with Gasteiger partial charge < -0.3 is 14.8 Å². The van der Waals surface area contributed by atoms with E-state index >= 15 is 0 Å². The largest absolute Gasteiger partial charge is 0.497 e. The smallest absolute Gasteiger partial charge is 0.162 e. The average Bonchev–Trinajstić information content (AvgIpc) is 3.31. The third kappa shape index (κ3) is 4.19. The van der Waals surface area contributed by atoms with E-state index in [9.17, 15) is 4.79 Å². The maximum Gasteiger partial charge on any atom is 0.162 e. The second kappa shape index (κ2) is 9.70. The topological polar surface area (TPSA) is 65.4 Å². The first-order valence-electron chi connectivity index (χ1n) is 13.7. The number of carbonyl (C=O) groups is 1. The molecule has 3 aromatic carbocycles. The summed E-state index contributed by atoms with van der Waals surface area (Å²) in [4.78, 5) is 14.0. The van der Waals surface area contributed by atoms with Gasteiger partial charge in [-0.05, 0) is 61.1 Å². The fraction of sp³-hybridized carbons (Fsp3) is 0.294. The minimum Gasteiger partial charge on any atom is -0.497 e. The first kappa shape index (κ1) is 25.9. The molecule has 0 saturated heterocycles. The van der Waals surface area contributed by atoms with E-state index < -0.39 is 0 Å². The number of aromatic nitrogens is 2. The van der Waals surface area contributed by atoms with Crippen LogP contribution >= 0.6 is 0 Å². The summed E-state index contributed by atoms with van der Waals surface area (Å²) in [5.74, 6) is 2.07. The number of ether oxygens (including phenoxy) is 2. The number of ketones is 1. The van der Waals surface area contributed by atoms with Gasteiger partial charge in [-0.25, -0.2) is 4.68 Å². The Kier molecular flexibility index (Phi) is 6.29. The molecule has 1 unspecified atom stereocenters. The lowest BCUT2D eigenvalue weighted by atomic mass is 9.68. The minimum absolute atomic E-state index is 0.151. The summed E-state index contributed by atoms with van der Waals surface area (Å²) < 4.78 is 13.6. The van der Waals surface area contributed by atoms with Crippen LogP contribution in [0.1, 0.15) is 54.9 Å². The summed E-state index contributed by atoms with van der Waals surface area (Å²) in [6.45, 7) is 8.56. The Morgan fingerprint density at radius 2 is 1.73 bits per heavy atom. The average molecular weight is 534 g/mol. The van der Waals surface area contributed by atoms with Crippen molar-refractivity contribution in [3.05, 3.63) is 100 Å². The molecule has 0 radical (unpaired) electrons. The quantitative estimate of drug-likeness (QED) is 0.290. The summed E-state index contributed by atoms with van der Waals surface area (Å²) >= 11 is 0. The van der Waals surface area contributed by atoms with Gasteiger partial charge >= 0.3 is 0 Å². The number of methoxy groups -OCH3 is 2. The maximum atomic E-state index is 14.0. The van der Waals surface area contributed by atoms with E-state index in [0.717, 1.165) is 57.1 Å². The molecule has 1 aromatic heterocycles. The van der Waals surface area contributed by atoms with Crippen LogP contribution in [0.25, 0.3) is 16.9 Å². The number of nitrogens with one attached hydrogen (secondary N) is 1. The molecule has 204 valence electrons. The highest BCUT2D eigenvalue weighted by Crippen LogP contribution is 2.54. The number of fused-ring (bicyclic) bond motifs is 1. The van der Waals surface area contributed by atoms with Gasteiger partial charge in [-0.3, -0.25) is 4.79 Å². The first-order chi connectivity index (χ1) is 19.2. The van der Waals surface area contributed by atoms with Crippen LogP contribution in [-0.4, -0.2) is 29.8 Å². The van der Waals surface area contributed by atoms with Crippen LogP contribution in [0, 0.1) is 19.3 Å². The van der Waals surface area contributed by atoms with Gasteiger partial charge in [0, 0.05) is 40.3 Å². The molecule has 0 saturated carbocycles. The van der Waals surface area contributed by atoms with Crippen LogP contribution in [0.5, 0.6) is 11.5 Å². The minimum atomic E-state index is -0.381. The maximum absolute atomic E-state index is 14.0. The van der Waals surface area contributed by atoms with Crippen molar-refractivity contribution < 1.29 is 14.3 Å². The predicted octanol–water partition coefficient (Wildman–Crippen LogP) is 7.37. The fourth-order valence-corrected chi connectivity index (χ4v) is 6.22. The van der Waals surface area contributed by atoms with Crippen molar-refractivity contribution in [2.45, 2.75) is 46.5 Å². The van der Waals surface area contributed by atoms with Crippen molar-refractivity contribution in [2.75, 3.05) is 19.5 Å². The number of benzene rings is 3. The summed E-state index contributed by atoms with van der Waals surface area (Å²) in [6, 6.07) is 22.3. The molecular weight excluding hydrogens is 498 g/mol. The summed E-state index contributed by atoms with van der Waals surface area (Å²) in [7, 11) is 3.33. The van der Waals surface area contributed by atoms with E-state index in [1.165, 1.54) is 5.56 Å². The number of hydrogen-bond donors (Lipinski definition) is 1. The Bertz CT molecular complexity index is 1660. The van der Waals surface area contributed by atoms with Crippen molar-refractivity contribution in [2.24, 2.45) is 5.41 Å². The first-order valence-corrected chi connectivity index (χ1v) is 13.7. The van der Waals surface area contributed by atoms with E-state index in [1.54, 1.807) is 14.2 Å². The monoisotopic (exact) mass is 533 g/mol. The summed E-state index contributed by atoms with van der Waals surface area (Å²) in [5.41, 5.74) is 8.62. The molecule has 2 aliphatic rings. The highest BCUT2D eigenvalue weighted by atomic mass is 16.5. The van der Waals surface area contributed by atoms with Crippen LogP contribution in [0.3, 0.4) is 0 Å². The molecule has 1 aliphatic carbocycles. The van der Waals surface area contributed by atoms with Gasteiger partial charge in [-0.2, -0.15) is 5.10 Å². The molecular formula is C34H35N3O3. The zero-order chi connectivity index (χ0) is 28.2. The van der Waals surface area contributed by atoms with Gasteiger partial charge in [0.2, 0.25) is 0 Å². The Morgan fingerprint density at radius 3 is 2.45 bits per heavy atom. The van der Waals surface area contributed by atoms with Crippen LogP contribution in [-0.2, 0) is 4.79 Å². The standard InChI is InChI=1S/C34H35N3O3/c1-20-11-10-14-26(21(20)2)37-33-31(32(36-37)22-12-8-7-9-13-22)29(24-17-23(39-5)15-16-28(24)40-6)30-25(35-33)18-34(3,4)19-27(30)38/h7-17,29,35H,18-19H2,1-6H3. The number of anilines is 1. The lowest BCUT2D eigenvalue weighted by molar-refractivity contribution is -0.118. The van der Waals surface area contributed by atoms with Crippen molar-refractivity contribution in [1.82, 2.24) is 9.78 Å². The summed E-state index contributed by atoms with van der Waals surface area (Å²) in [6.07, 6.45) is 1.24. The number of hydrogen-bond acceptors (Lipinski definition) is 5. The van der Waals surface area contributed by atoms with Crippen molar-refractivity contribution >= 4 is 11.6 Å². The lowest BCUT2D eigenvalue weighted by Crippen LogP contribution is -2.34. The van der Waals surface area contributed by atoms with Crippen LogP contribution < -0.4 is 14.8 Å². The molecule has 2 heterocycles. The third-order valence-electron chi connectivity index (χ3n) is 8.29. The molecule has 1 N–H and O–H groups in total. The highest BCUT2D eigenvalue weighted by molar-refractivity contribution is 6.02. The molecule has 1 aliphatic heterocycles. The SMILES string of the molecule is COc1ccc(OC)c(C2C3=C(CC(C)(C)CC3=O)Nc3c2c(-c2ccccc2)nn3-c2cccc(C)c2C)c1. The van der Waals surface area contributed by atoms with Crippen LogP contribution in [0.4, 0.5) is 5.82 Å². The van der Waals surface area contributed by atoms with Crippen molar-refractivity contribution in [3.63, 3.8) is 0 Å². The zero-order valence-electron chi connectivity index (χ0n) is 24.0. The fourth-order valence-electron chi connectivity index (χ4n) is 6.22. The Labute approximate surface area is 235 Å². The number of aryl methyl sites for hydroxylation is 1. The van der Waals surface area contributed by atoms with E-state index in [1.807, 2.05) is 41.1 Å². The van der Waals surface area contributed by atoms with E-state index in [-0.39, 0.29) is 17.1 Å². The zero-order valence-corrected chi connectivity index (χ0v) is 24.0. The van der Waals surface area contributed by atoms with Gasteiger partial charge in [-0.1, -0.05) is 56.3 Å². The second-order valence-corrected chi connectivity index (χ2v) is 11.6. The molecule has 1 atom stereocenters. The Morgan fingerprint density at radius 1 is 0.950 bits per heavy atom. The molecule has 40 heavy (non-hydrogen) atoms. The normalized spacial score (nSPS) is 17.6. The molecule has 0 spiro atoms. The van der Waals surface area contributed by atoms with Gasteiger partial charge in [0.05, 0.1) is 25.6 Å². The van der Waals surface area contributed by atoms with Crippen LogP contribution in [0.15, 0.2) is 78.0 Å². The molecule has 6 nitrogen and oxygen atoms in total. The van der Waals surface area contributed by atoms with E-state index in [0.29, 0.717) is 17.9 Å². The van der Waals surface area contributed by atoms with Crippen LogP contribution in [0.2, 0.25) is 0 Å². The predicted molar refractivity (Wildman–Crippen MR) is 159 cm³/mol. The number of allylic oxidation sites excluding steroid dienone is 2. The van der Waals surface area contributed by atoms with Crippen molar-refractivity contribution in [3.8, 4) is 28.4 Å². The highest BCUT2D eigenvalue weighted by Gasteiger charge is 2.44. The second-order valence-electron chi connectivity index (χ2n) is 11.6. The lowest BCUT2D eigenvalue weighted by Gasteiger charge is -2.39. The van der Waals surface area contributed by atoms with Gasteiger partial charge in [0.1, 0.15) is 17.3 Å². The third-order valence-corrected chi connectivity index (χ3v) is 8.29. The number of carbonyl (C=O) groups excluding carboxylic acids is 1.